The highest BCUT2D eigenvalue weighted by Crippen LogP contribution is 2.27. The summed E-state index contributed by atoms with van der Waals surface area (Å²) < 4.78 is 16.1. The third kappa shape index (κ3) is 3.37. The van der Waals surface area contributed by atoms with Gasteiger partial charge in [-0.1, -0.05) is 24.3 Å². The monoisotopic (exact) mass is 316 g/mol. The predicted octanol–water partition coefficient (Wildman–Crippen LogP) is 2.46. The standard InChI is InChI=1S/C17H20N2O4/c1-3-21-16-10-14(23-18-16)17(20)19(2)11-15-13-7-5-4-6-12(13)8-9-22-15/h4-7,10,15H,3,8-9,11H2,1-2H3. The molecule has 0 aliphatic carbocycles. The summed E-state index contributed by atoms with van der Waals surface area (Å²) in [6.07, 6.45) is 0.785. The van der Waals surface area contributed by atoms with E-state index in [4.69, 9.17) is 14.0 Å². The SMILES string of the molecule is CCOc1cc(C(=O)N(C)CC2OCCc3ccccc32)on1. The average Bonchev–Trinajstić information content (AvgIpc) is 3.03. The number of amides is 1. The van der Waals surface area contributed by atoms with E-state index in [1.165, 1.54) is 11.6 Å². The number of fused-ring (bicyclic) bond motifs is 1. The van der Waals surface area contributed by atoms with Crippen LogP contribution in [0.25, 0.3) is 0 Å². The molecular weight excluding hydrogens is 296 g/mol. The second kappa shape index (κ2) is 6.83. The highest BCUT2D eigenvalue weighted by atomic mass is 16.5. The van der Waals surface area contributed by atoms with Gasteiger partial charge >= 0.3 is 0 Å². The number of aromatic nitrogens is 1. The maximum absolute atomic E-state index is 12.4. The van der Waals surface area contributed by atoms with Crippen LogP contribution in [0.2, 0.25) is 0 Å². The van der Waals surface area contributed by atoms with E-state index in [1.54, 1.807) is 11.9 Å². The van der Waals surface area contributed by atoms with Crippen LogP contribution in [0.4, 0.5) is 0 Å². The molecule has 0 saturated heterocycles. The summed E-state index contributed by atoms with van der Waals surface area (Å²) >= 11 is 0. The number of nitrogens with zero attached hydrogens (tertiary/aromatic N) is 2. The Morgan fingerprint density at radius 2 is 2.26 bits per heavy atom. The molecule has 23 heavy (non-hydrogen) atoms. The van der Waals surface area contributed by atoms with E-state index in [0.717, 1.165) is 12.0 Å². The topological polar surface area (TPSA) is 64.8 Å². The van der Waals surface area contributed by atoms with Crippen molar-refractivity contribution in [2.24, 2.45) is 0 Å². The molecular formula is C17H20N2O4. The van der Waals surface area contributed by atoms with Crippen molar-refractivity contribution in [3.05, 3.63) is 47.2 Å². The van der Waals surface area contributed by atoms with Crippen molar-refractivity contribution in [1.29, 1.82) is 0 Å². The minimum atomic E-state index is -0.241. The first-order valence-corrected chi connectivity index (χ1v) is 7.73. The molecule has 1 aromatic heterocycles. The van der Waals surface area contributed by atoms with Gasteiger partial charge in [0.1, 0.15) is 6.10 Å². The number of carbonyl (C=O) groups is 1. The van der Waals surface area contributed by atoms with E-state index >= 15 is 0 Å². The lowest BCUT2D eigenvalue weighted by atomic mass is 9.97. The second-order valence-corrected chi connectivity index (χ2v) is 5.46. The van der Waals surface area contributed by atoms with Gasteiger partial charge in [-0.3, -0.25) is 4.79 Å². The van der Waals surface area contributed by atoms with Crippen LogP contribution in [0.3, 0.4) is 0 Å². The van der Waals surface area contributed by atoms with Crippen molar-refractivity contribution in [2.45, 2.75) is 19.4 Å². The molecule has 1 aliphatic heterocycles. The number of hydrogen-bond donors (Lipinski definition) is 0. The Hall–Kier alpha value is -2.34. The van der Waals surface area contributed by atoms with Crippen molar-refractivity contribution < 1.29 is 18.8 Å². The Morgan fingerprint density at radius 3 is 3.09 bits per heavy atom. The number of benzene rings is 1. The molecule has 0 bridgehead atoms. The molecule has 0 spiro atoms. The highest BCUT2D eigenvalue weighted by molar-refractivity contribution is 5.91. The Balaban J connectivity index is 1.69. The normalized spacial score (nSPS) is 16.7. The molecule has 0 saturated carbocycles. The Labute approximate surface area is 135 Å². The zero-order valence-corrected chi connectivity index (χ0v) is 13.3. The van der Waals surface area contributed by atoms with Gasteiger partial charge in [-0.15, -0.1) is 0 Å². The first kappa shape index (κ1) is 15.6. The van der Waals surface area contributed by atoms with Crippen molar-refractivity contribution in [3.63, 3.8) is 0 Å². The Morgan fingerprint density at radius 1 is 1.43 bits per heavy atom. The lowest BCUT2D eigenvalue weighted by Crippen LogP contribution is -2.33. The summed E-state index contributed by atoms with van der Waals surface area (Å²) in [6.45, 7) is 3.45. The van der Waals surface area contributed by atoms with Gasteiger partial charge in [0.15, 0.2) is 0 Å². The Bertz CT molecular complexity index is 683. The first-order chi connectivity index (χ1) is 11.2. The minimum Gasteiger partial charge on any atom is -0.476 e. The number of carbonyl (C=O) groups excluding carboxylic acids is 1. The summed E-state index contributed by atoms with van der Waals surface area (Å²) in [5.41, 5.74) is 2.42. The van der Waals surface area contributed by atoms with E-state index in [-0.39, 0.29) is 17.8 Å². The molecule has 6 heteroatoms. The minimum absolute atomic E-state index is 0.122. The van der Waals surface area contributed by atoms with Crippen molar-refractivity contribution in [1.82, 2.24) is 10.1 Å². The summed E-state index contributed by atoms with van der Waals surface area (Å²) in [7, 11) is 1.73. The zero-order valence-electron chi connectivity index (χ0n) is 13.3. The van der Waals surface area contributed by atoms with Crippen LogP contribution in [0.1, 0.15) is 34.7 Å². The molecule has 6 nitrogen and oxygen atoms in total. The lowest BCUT2D eigenvalue weighted by molar-refractivity contribution is 0.0189. The van der Waals surface area contributed by atoms with Gasteiger partial charge < -0.3 is 18.9 Å². The van der Waals surface area contributed by atoms with Crippen molar-refractivity contribution in [3.8, 4) is 5.88 Å². The zero-order chi connectivity index (χ0) is 16.2. The highest BCUT2D eigenvalue weighted by Gasteiger charge is 2.25. The third-order valence-corrected chi connectivity index (χ3v) is 3.87. The fraction of sp³-hybridized carbons (Fsp3) is 0.412. The number of likely N-dealkylation sites (N-methyl/N-ethyl adjacent to an activating group) is 1. The maximum atomic E-state index is 12.4. The van der Waals surface area contributed by atoms with Crippen LogP contribution in [0.5, 0.6) is 5.88 Å². The fourth-order valence-corrected chi connectivity index (χ4v) is 2.72. The third-order valence-electron chi connectivity index (χ3n) is 3.87. The molecule has 2 aromatic rings. The van der Waals surface area contributed by atoms with Crippen molar-refractivity contribution in [2.75, 3.05) is 26.8 Å². The van der Waals surface area contributed by atoms with Crippen molar-refractivity contribution >= 4 is 5.91 Å². The second-order valence-electron chi connectivity index (χ2n) is 5.46. The molecule has 1 amide bonds. The lowest BCUT2D eigenvalue weighted by Gasteiger charge is -2.29. The van der Waals surface area contributed by atoms with E-state index in [9.17, 15) is 4.79 Å². The predicted molar refractivity (Wildman–Crippen MR) is 83.5 cm³/mol. The van der Waals surface area contributed by atoms with Gasteiger partial charge in [0, 0.05) is 7.05 Å². The summed E-state index contributed by atoms with van der Waals surface area (Å²) in [6, 6.07) is 9.70. The van der Waals surface area contributed by atoms with Crippen LogP contribution >= 0.6 is 0 Å². The molecule has 1 aromatic carbocycles. The molecule has 1 atom stereocenters. The number of hydrogen-bond acceptors (Lipinski definition) is 5. The first-order valence-electron chi connectivity index (χ1n) is 7.73. The van der Waals surface area contributed by atoms with E-state index in [0.29, 0.717) is 25.6 Å². The van der Waals surface area contributed by atoms with Gasteiger partial charge in [-0.25, -0.2) is 0 Å². The van der Waals surface area contributed by atoms with Gasteiger partial charge in [0.2, 0.25) is 5.76 Å². The molecule has 1 aliphatic rings. The fourth-order valence-electron chi connectivity index (χ4n) is 2.72. The Kier molecular flexibility index (Phi) is 4.62. The summed E-state index contributed by atoms with van der Waals surface area (Å²) in [4.78, 5) is 14.0. The van der Waals surface area contributed by atoms with E-state index in [2.05, 4.69) is 17.3 Å². The van der Waals surface area contributed by atoms with Gasteiger partial charge in [-0.2, -0.15) is 0 Å². The van der Waals surface area contributed by atoms with Gasteiger partial charge in [0.25, 0.3) is 11.8 Å². The van der Waals surface area contributed by atoms with Gasteiger partial charge in [-0.05, 0) is 29.6 Å². The molecule has 1 unspecified atom stereocenters. The molecule has 0 N–H and O–H groups in total. The molecule has 0 radical (unpaired) electrons. The maximum Gasteiger partial charge on any atom is 0.292 e. The quantitative estimate of drug-likeness (QED) is 0.848. The summed E-state index contributed by atoms with van der Waals surface area (Å²) in [5, 5.41) is 3.72. The number of rotatable bonds is 5. The van der Waals surface area contributed by atoms with Crippen LogP contribution < -0.4 is 4.74 Å². The van der Waals surface area contributed by atoms with E-state index in [1.807, 2.05) is 19.1 Å². The smallest absolute Gasteiger partial charge is 0.292 e. The molecule has 0 fully saturated rings. The van der Waals surface area contributed by atoms with Gasteiger partial charge in [0.05, 0.1) is 25.8 Å². The number of ether oxygens (including phenoxy) is 2. The van der Waals surface area contributed by atoms with Crippen LogP contribution in [-0.4, -0.2) is 42.8 Å². The average molecular weight is 316 g/mol. The van der Waals surface area contributed by atoms with E-state index < -0.39 is 0 Å². The van der Waals surface area contributed by atoms with Crippen LogP contribution in [0.15, 0.2) is 34.9 Å². The largest absolute Gasteiger partial charge is 0.476 e. The molecule has 122 valence electrons. The summed E-state index contributed by atoms with van der Waals surface area (Å²) in [5.74, 6) is 0.249. The molecule has 2 heterocycles. The van der Waals surface area contributed by atoms with Crippen LogP contribution in [0, 0.1) is 0 Å². The molecule has 3 rings (SSSR count). The van der Waals surface area contributed by atoms with Crippen LogP contribution in [-0.2, 0) is 11.2 Å².